The van der Waals surface area contributed by atoms with Crippen LogP contribution in [0.25, 0.3) is 0 Å². The van der Waals surface area contributed by atoms with Gasteiger partial charge in [0, 0.05) is 33.9 Å². The lowest BCUT2D eigenvalue weighted by Crippen LogP contribution is -2.22. The van der Waals surface area contributed by atoms with Crippen molar-refractivity contribution in [1.29, 1.82) is 0 Å². The lowest BCUT2D eigenvalue weighted by molar-refractivity contribution is 0.134. The van der Waals surface area contributed by atoms with Crippen LogP contribution in [0.15, 0.2) is 23.1 Å². The van der Waals surface area contributed by atoms with Gasteiger partial charge in [-0.25, -0.2) is 12.7 Å². The van der Waals surface area contributed by atoms with E-state index >= 15 is 0 Å². The Morgan fingerprint density at radius 2 is 2.00 bits per heavy atom. The number of hydrogen-bond acceptors (Lipinski definition) is 5. The summed E-state index contributed by atoms with van der Waals surface area (Å²) in [7, 11) is -0.458. The molecule has 0 amide bonds. The molecule has 0 aliphatic heterocycles. The molecule has 0 saturated heterocycles. The van der Waals surface area contributed by atoms with Crippen LogP contribution < -0.4 is 11.1 Å². The van der Waals surface area contributed by atoms with Gasteiger partial charge in [-0.05, 0) is 31.0 Å². The quantitative estimate of drug-likeness (QED) is 0.536. The van der Waals surface area contributed by atoms with Crippen molar-refractivity contribution in [3.8, 4) is 0 Å². The van der Waals surface area contributed by atoms with Crippen molar-refractivity contribution in [3.63, 3.8) is 0 Å². The van der Waals surface area contributed by atoms with E-state index in [1.54, 1.807) is 12.1 Å². The highest BCUT2D eigenvalue weighted by atomic mass is 32.2. The van der Waals surface area contributed by atoms with E-state index in [0.717, 1.165) is 31.7 Å². The molecule has 1 aromatic rings. The first-order valence-corrected chi connectivity index (χ1v) is 8.47. The number of ether oxygens (including phenoxy) is 1. The van der Waals surface area contributed by atoms with Crippen molar-refractivity contribution in [1.82, 2.24) is 4.31 Å². The van der Waals surface area contributed by atoms with Gasteiger partial charge in [0.1, 0.15) is 0 Å². The van der Waals surface area contributed by atoms with E-state index in [1.165, 1.54) is 24.5 Å². The van der Waals surface area contributed by atoms with Crippen LogP contribution >= 0.6 is 0 Å². The van der Waals surface area contributed by atoms with E-state index in [-0.39, 0.29) is 4.90 Å². The van der Waals surface area contributed by atoms with E-state index in [2.05, 4.69) is 12.2 Å². The molecular formula is C14H25N3O3S. The summed E-state index contributed by atoms with van der Waals surface area (Å²) >= 11 is 0. The smallest absolute Gasteiger partial charge is 0.242 e. The fourth-order valence-electron chi connectivity index (χ4n) is 1.72. The lowest BCUT2D eigenvalue weighted by atomic mass is 10.2. The van der Waals surface area contributed by atoms with Crippen molar-refractivity contribution >= 4 is 21.4 Å². The van der Waals surface area contributed by atoms with Crippen molar-refractivity contribution in [3.05, 3.63) is 18.2 Å². The molecule has 0 aliphatic carbocycles. The van der Waals surface area contributed by atoms with Crippen molar-refractivity contribution in [2.24, 2.45) is 0 Å². The third kappa shape index (κ3) is 5.18. The molecule has 0 atom stereocenters. The number of nitrogen functional groups attached to an aromatic ring is 1. The number of nitrogens with two attached hydrogens (primary N) is 1. The second-order valence-electron chi connectivity index (χ2n) is 4.93. The Labute approximate surface area is 127 Å². The predicted molar refractivity (Wildman–Crippen MR) is 85.9 cm³/mol. The summed E-state index contributed by atoms with van der Waals surface area (Å²) in [6, 6.07) is 4.73. The van der Waals surface area contributed by atoms with Gasteiger partial charge in [-0.2, -0.15) is 0 Å². The molecule has 0 radical (unpaired) electrons. The van der Waals surface area contributed by atoms with Gasteiger partial charge in [0.25, 0.3) is 0 Å². The van der Waals surface area contributed by atoms with E-state index in [1.807, 2.05) is 0 Å². The van der Waals surface area contributed by atoms with Gasteiger partial charge in [-0.1, -0.05) is 6.92 Å². The maximum atomic E-state index is 12.0. The Morgan fingerprint density at radius 3 is 2.57 bits per heavy atom. The lowest BCUT2D eigenvalue weighted by Gasteiger charge is -2.14. The second-order valence-corrected chi connectivity index (χ2v) is 7.08. The molecule has 7 heteroatoms. The molecule has 0 aromatic heterocycles. The van der Waals surface area contributed by atoms with Crippen LogP contribution in [-0.4, -0.2) is 46.6 Å². The van der Waals surface area contributed by atoms with Gasteiger partial charge >= 0.3 is 0 Å². The minimum atomic E-state index is -3.45. The van der Waals surface area contributed by atoms with Crippen LogP contribution in [0.2, 0.25) is 0 Å². The monoisotopic (exact) mass is 315 g/mol. The molecule has 21 heavy (non-hydrogen) atoms. The molecule has 0 heterocycles. The Bertz CT molecular complexity index is 544. The Balaban J connectivity index is 2.59. The highest BCUT2D eigenvalue weighted by Crippen LogP contribution is 2.23. The summed E-state index contributed by atoms with van der Waals surface area (Å²) in [5.74, 6) is 0. The summed E-state index contributed by atoms with van der Waals surface area (Å²) in [6.07, 6.45) is 1.89. The van der Waals surface area contributed by atoms with Gasteiger partial charge in [0.2, 0.25) is 10.0 Å². The highest BCUT2D eigenvalue weighted by molar-refractivity contribution is 7.89. The van der Waals surface area contributed by atoms with Gasteiger partial charge in [0.05, 0.1) is 16.3 Å². The second kappa shape index (κ2) is 8.21. The molecular weight excluding hydrogens is 290 g/mol. The Kier molecular flexibility index (Phi) is 6.94. The predicted octanol–water partition coefficient (Wildman–Crippen LogP) is 1.75. The molecule has 0 bridgehead atoms. The zero-order valence-corrected chi connectivity index (χ0v) is 13.7. The zero-order chi connectivity index (χ0) is 15.9. The van der Waals surface area contributed by atoms with Crippen molar-refractivity contribution in [2.75, 3.05) is 44.9 Å². The molecule has 0 saturated carbocycles. The average molecular weight is 315 g/mol. The van der Waals surface area contributed by atoms with Crippen LogP contribution in [0.3, 0.4) is 0 Å². The molecule has 0 unspecified atom stereocenters. The van der Waals surface area contributed by atoms with Crippen LogP contribution in [0, 0.1) is 0 Å². The van der Waals surface area contributed by atoms with Gasteiger partial charge < -0.3 is 15.8 Å². The summed E-state index contributed by atoms with van der Waals surface area (Å²) in [5.41, 5.74) is 7.07. The molecule has 0 aliphatic rings. The zero-order valence-electron chi connectivity index (χ0n) is 12.9. The molecule has 1 aromatic carbocycles. The summed E-state index contributed by atoms with van der Waals surface area (Å²) in [4.78, 5) is 0.196. The van der Waals surface area contributed by atoms with E-state index in [4.69, 9.17) is 10.5 Å². The minimum absolute atomic E-state index is 0.196. The summed E-state index contributed by atoms with van der Waals surface area (Å²) in [6.45, 7) is 4.28. The summed E-state index contributed by atoms with van der Waals surface area (Å²) in [5, 5.41) is 3.18. The van der Waals surface area contributed by atoms with Crippen LogP contribution in [-0.2, 0) is 14.8 Å². The maximum Gasteiger partial charge on any atom is 0.242 e. The topological polar surface area (TPSA) is 84.7 Å². The first kappa shape index (κ1) is 17.7. The van der Waals surface area contributed by atoms with Crippen LogP contribution in [0.1, 0.15) is 19.8 Å². The number of nitrogens with one attached hydrogen (secondary N) is 1. The van der Waals surface area contributed by atoms with E-state index in [0.29, 0.717) is 12.3 Å². The molecule has 6 nitrogen and oxygen atoms in total. The van der Waals surface area contributed by atoms with Crippen LogP contribution in [0.5, 0.6) is 0 Å². The van der Waals surface area contributed by atoms with Gasteiger partial charge in [-0.15, -0.1) is 0 Å². The number of nitrogens with zero attached hydrogens (tertiary/aromatic N) is 1. The molecule has 0 fully saturated rings. The standard InChI is InChI=1S/C14H25N3O3S/c1-4-9-20-10-5-8-16-14-7-6-12(11-13(14)15)21(18,19)17(2)3/h6-7,11,16H,4-5,8-10,15H2,1-3H3. The molecule has 120 valence electrons. The average Bonchev–Trinajstić information content (AvgIpc) is 2.43. The van der Waals surface area contributed by atoms with Crippen molar-refractivity contribution in [2.45, 2.75) is 24.7 Å². The number of sulfonamides is 1. The Morgan fingerprint density at radius 1 is 1.29 bits per heavy atom. The number of hydrogen-bond donors (Lipinski definition) is 2. The maximum absolute atomic E-state index is 12.0. The largest absolute Gasteiger partial charge is 0.397 e. The highest BCUT2D eigenvalue weighted by Gasteiger charge is 2.17. The number of benzene rings is 1. The number of rotatable bonds is 9. The van der Waals surface area contributed by atoms with Gasteiger partial charge in [0.15, 0.2) is 0 Å². The van der Waals surface area contributed by atoms with E-state index < -0.39 is 10.0 Å². The SMILES string of the molecule is CCCOCCCNc1ccc(S(=O)(=O)N(C)C)cc1N. The molecule has 1 rings (SSSR count). The third-order valence-corrected chi connectivity index (χ3v) is 4.74. The third-order valence-electron chi connectivity index (χ3n) is 2.93. The first-order valence-electron chi connectivity index (χ1n) is 7.03. The summed E-state index contributed by atoms with van der Waals surface area (Å²) < 4.78 is 30.5. The van der Waals surface area contributed by atoms with Gasteiger partial charge in [-0.3, -0.25) is 0 Å². The fraction of sp³-hybridized carbons (Fsp3) is 0.571. The normalized spacial score (nSPS) is 11.8. The minimum Gasteiger partial charge on any atom is -0.397 e. The Hall–Kier alpha value is -1.31. The molecule has 3 N–H and O–H groups in total. The first-order chi connectivity index (χ1) is 9.89. The number of anilines is 2. The van der Waals surface area contributed by atoms with E-state index in [9.17, 15) is 8.42 Å². The fourth-order valence-corrected chi connectivity index (χ4v) is 2.65. The van der Waals surface area contributed by atoms with Crippen molar-refractivity contribution < 1.29 is 13.2 Å². The van der Waals surface area contributed by atoms with Crippen LogP contribution in [0.4, 0.5) is 11.4 Å². The molecule has 0 spiro atoms.